The van der Waals surface area contributed by atoms with Crippen LogP contribution in [-0.2, 0) is 13.1 Å². The topological polar surface area (TPSA) is 15.3 Å². The molecule has 0 aromatic heterocycles. The highest BCUT2D eigenvalue weighted by Crippen LogP contribution is 2.15. The Hall–Kier alpha value is -0.860. The Bertz CT molecular complexity index is 360. The lowest BCUT2D eigenvalue weighted by atomic mass is 10.0. The van der Waals surface area contributed by atoms with Crippen molar-refractivity contribution in [1.29, 1.82) is 0 Å². The molecule has 1 atom stereocenters. The van der Waals surface area contributed by atoms with E-state index in [4.69, 9.17) is 0 Å². The summed E-state index contributed by atoms with van der Waals surface area (Å²) in [7, 11) is 2.22. The highest BCUT2D eigenvalue weighted by molar-refractivity contribution is 5.27. The van der Waals surface area contributed by atoms with Gasteiger partial charge in [-0.15, -0.1) is 0 Å². The first-order chi connectivity index (χ1) is 9.06. The molecule has 0 spiro atoms. The fraction of sp³-hybridized carbons (Fsp3) is 0.647. The fourth-order valence-corrected chi connectivity index (χ4v) is 2.21. The molecule has 0 heterocycles. The third-order valence-electron chi connectivity index (χ3n) is 3.94. The lowest BCUT2D eigenvalue weighted by Gasteiger charge is -2.28. The Morgan fingerprint density at radius 2 is 1.74 bits per heavy atom. The molecule has 0 amide bonds. The minimum Gasteiger partial charge on any atom is -0.313 e. The smallest absolute Gasteiger partial charge is 0.0236 e. The first-order valence-electron chi connectivity index (χ1n) is 7.54. The summed E-state index contributed by atoms with van der Waals surface area (Å²) in [6.45, 7) is 12.2. The predicted octanol–water partition coefficient (Wildman–Crippen LogP) is 3.66. The van der Waals surface area contributed by atoms with Gasteiger partial charge in [0, 0.05) is 19.1 Å². The lowest BCUT2D eigenvalue weighted by Crippen LogP contribution is -2.33. The largest absolute Gasteiger partial charge is 0.313 e. The Balaban J connectivity index is 2.66. The molecule has 1 rings (SSSR count). The number of nitrogens with one attached hydrogen (secondary N) is 1. The molecule has 0 aliphatic heterocycles. The molecule has 19 heavy (non-hydrogen) atoms. The zero-order chi connectivity index (χ0) is 14.3. The predicted molar refractivity (Wildman–Crippen MR) is 84.2 cm³/mol. The third kappa shape index (κ3) is 5.33. The van der Waals surface area contributed by atoms with E-state index >= 15 is 0 Å². The third-order valence-corrected chi connectivity index (χ3v) is 3.94. The highest BCUT2D eigenvalue weighted by atomic mass is 15.1. The van der Waals surface area contributed by atoms with Crippen LogP contribution in [0.1, 0.15) is 45.2 Å². The van der Waals surface area contributed by atoms with E-state index in [-0.39, 0.29) is 0 Å². The van der Waals surface area contributed by atoms with Crippen LogP contribution in [0.2, 0.25) is 0 Å². The molecule has 1 N–H and O–H groups in total. The quantitative estimate of drug-likeness (QED) is 0.719. The molecule has 2 nitrogen and oxygen atoms in total. The van der Waals surface area contributed by atoms with Crippen LogP contribution in [0.25, 0.3) is 0 Å². The van der Waals surface area contributed by atoms with Gasteiger partial charge in [-0.3, -0.25) is 4.90 Å². The van der Waals surface area contributed by atoms with Gasteiger partial charge in [0.15, 0.2) is 0 Å². The summed E-state index contributed by atoms with van der Waals surface area (Å²) in [5.74, 6) is 0.690. The van der Waals surface area contributed by atoms with Crippen molar-refractivity contribution < 1.29 is 0 Å². The summed E-state index contributed by atoms with van der Waals surface area (Å²) >= 11 is 0. The van der Waals surface area contributed by atoms with Crippen LogP contribution < -0.4 is 5.32 Å². The lowest BCUT2D eigenvalue weighted by molar-refractivity contribution is 0.200. The van der Waals surface area contributed by atoms with E-state index in [1.807, 2.05) is 0 Å². The average molecular weight is 262 g/mol. The van der Waals surface area contributed by atoms with Gasteiger partial charge in [-0.1, -0.05) is 45.0 Å². The number of nitrogens with zero attached hydrogens (tertiary/aromatic N) is 1. The zero-order valence-electron chi connectivity index (χ0n) is 13.2. The van der Waals surface area contributed by atoms with Crippen LogP contribution in [0.4, 0.5) is 0 Å². The van der Waals surface area contributed by atoms with Crippen molar-refractivity contribution in [3.63, 3.8) is 0 Å². The fourth-order valence-electron chi connectivity index (χ4n) is 2.21. The van der Waals surface area contributed by atoms with E-state index in [1.165, 1.54) is 17.5 Å². The van der Waals surface area contributed by atoms with Gasteiger partial charge in [-0.05, 0) is 44.0 Å². The molecule has 0 bridgehead atoms. The molecule has 108 valence electrons. The maximum absolute atomic E-state index is 3.50. The van der Waals surface area contributed by atoms with Gasteiger partial charge in [0.25, 0.3) is 0 Å². The van der Waals surface area contributed by atoms with Crippen LogP contribution >= 0.6 is 0 Å². The Labute approximate surface area is 119 Å². The molecule has 0 fully saturated rings. The highest BCUT2D eigenvalue weighted by Gasteiger charge is 2.14. The van der Waals surface area contributed by atoms with Gasteiger partial charge in [0.05, 0.1) is 0 Å². The van der Waals surface area contributed by atoms with Crippen molar-refractivity contribution in [3.05, 3.63) is 35.4 Å². The molecule has 2 heteroatoms. The Morgan fingerprint density at radius 3 is 2.32 bits per heavy atom. The van der Waals surface area contributed by atoms with Crippen molar-refractivity contribution in [3.8, 4) is 0 Å². The summed E-state index contributed by atoms with van der Waals surface area (Å²) in [5.41, 5.74) is 2.87. The second kappa shape index (κ2) is 8.34. The van der Waals surface area contributed by atoms with Gasteiger partial charge in [-0.25, -0.2) is 0 Å². The minimum atomic E-state index is 0.608. The van der Waals surface area contributed by atoms with E-state index in [9.17, 15) is 0 Å². The second-order valence-corrected chi connectivity index (χ2v) is 5.85. The molecule has 1 aromatic carbocycles. The van der Waals surface area contributed by atoms with Crippen LogP contribution in [0.5, 0.6) is 0 Å². The molecule has 0 radical (unpaired) electrons. The number of hydrogen-bond acceptors (Lipinski definition) is 2. The van der Waals surface area contributed by atoms with Gasteiger partial charge in [0.1, 0.15) is 0 Å². The normalized spacial score (nSPS) is 13.2. The minimum absolute atomic E-state index is 0.608. The monoisotopic (exact) mass is 262 g/mol. The summed E-state index contributed by atoms with van der Waals surface area (Å²) in [5, 5.41) is 3.50. The Morgan fingerprint density at radius 1 is 1.11 bits per heavy atom. The SMILES string of the molecule is CCCNCc1ccccc1CN(C)C(C)C(C)C. The van der Waals surface area contributed by atoms with Gasteiger partial charge < -0.3 is 5.32 Å². The van der Waals surface area contributed by atoms with Crippen molar-refractivity contribution in [2.45, 2.75) is 53.2 Å². The molecular weight excluding hydrogens is 232 g/mol. The Kier molecular flexibility index (Phi) is 7.11. The number of rotatable bonds is 8. The van der Waals surface area contributed by atoms with Gasteiger partial charge in [-0.2, -0.15) is 0 Å². The molecular formula is C17H30N2. The van der Waals surface area contributed by atoms with E-state index in [0.717, 1.165) is 19.6 Å². The molecule has 0 aliphatic rings. The summed E-state index contributed by atoms with van der Waals surface area (Å²) in [6.07, 6.45) is 1.19. The van der Waals surface area contributed by atoms with Crippen LogP contribution in [0.15, 0.2) is 24.3 Å². The van der Waals surface area contributed by atoms with Crippen molar-refractivity contribution in [2.24, 2.45) is 5.92 Å². The van der Waals surface area contributed by atoms with Crippen molar-refractivity contribution >= 4 is 0 Å². The maximum Gasteiger partial charge on any atom is 0.0236 e. The average Bonchev–Trinajstić information content (AvgIpc) is 2.39. The molecule has 1 aromatic rings. The molecule has 0 saturated heterocycles. The van der Waals surface area contributed by atoms with Gasteiger partial charge >= 0.3 is 0 Å². The van der Waals surface area contributed by atoms with E-state index in [2.05, 4.69) is 69.2 Å². The summed E-state index contributed by atoms with van der Waals surface area (Å²) in [6, 6.07) is 9.39. The van der Waals surface area contributed by atoms with E-state index < -0.39 is 0 Å². The summed E-state index contributed by atoms with van der Waals surface area (Å²) in [4.78, 5) is 2.45. The maximum atomic E-state index is 3.50. The standard InChI is InChI=1S/C17H30N2/c1-6-11-18-12-16-9-7-8-10-17(16)13-19(5)15(4)14(2)3/h7-10,14-15,18H,6,11-13H2,1-5H3. The van der Waals surface area contributed by atoms with Crippen LogP contribution in [-0.4, -0.2) is 24.5 Å². The van der Waals surface area contributed by atoms with Crippen LogP contribution in [0, 0.1) is 5.92 Å². The summed E-state index contributed by atoms with van der Waals surface area (Å²) < 4.78 is 0. The van der Waals surface area contributed by atoms with Crippen molar-refractivity contribution in [1.82, 2.24) is 10.2 Å². The van der Waals surface area contributed by atoms with Gasteiger partial charge in [0.2, 0.25) is 0 Å². The van der Waals surface area contributed by atoms with Crippen LogP contribution in [0.3, 0.4) is 0 Å². The van der Waals surface area contributed by atoms with E-state index in [1.54, 1.807) is 0 Å². The van der Waals surface area contributed by atoms with Crippen molar-refractivity contribution in [2.75, 3.05) is 13.6 Å². The number of hydrogen-bond donors (Lipinski definition) is 1. The number of benzene rings is 1. The van der Waals surface area contributed by atoms with E-state index in [0.29, 0.717) is 12.0 Å². The molecule has 0 saturated carbocycles. The first-order valence-corrected chi connectivity index (χ1v) is 7.54. The molecule has 0 aliphatic carbocycles. The second-order valence-electron chi connectivity index (χ2n) is 5.85. The molecule has 1 unspecified atom stereocenters. The first kappa shape index (κ1) is 16.2. The zero-order valence-corrected chi connectivity index (χ0v) is 13.2.